The molecule has 0 aromatic heterocycles. The predicted octanol–water partition coefficient (Wildman–Crippen LogP) is 4.21. The summed E-state index contributed by atoms with van der Waals surface area (Å²) in [7, 11) is 1.74. The number of benzene rings is 1. The molecule has 0 heterocycles. The molecular weight excluding hydrogens is 272 g/mol. The van der Waals surface area contributed by atoms with Gasteiger partial charge >= 0.3 is 0 Å². The summed E-state index contributed by atoms with van der Waals surface area (Å²) in [5, 5.41) is 3.08. The van der Waals surface area contributed by atoms with Crippen LogP contribution >= 0.6 is 0 Å². The molecule has 0 spiro atoms. The van der Waals surface area contributed by atoms with E-state index in [1.165, 1.54) is 37.5 Å². The number of halogens is 2. The predicted molar refractivity (Wildman–Crippen MR) is 80.1 cm³/mol. The van der Waals surface area contributed by atoms with E-state index in [9.17, 15) is 8.78 Å². The van der Waals surface area contributed by atoms with Crippen molar-refractivity contribution in [2.24, 2.45) is 5.92 Å². The van der Waals surface area contributed by atoms with Crippen LogP contribution in [0.25, 0.3) is 0 Å². The van der Waals surface area contributed by atoms with Crippen molar-refractivity contribution in [1.29, 1.82) is 0 Å². The second-order valence-electron chi connectivity index (χ2n) is 5.72. The molecule has 1 aliphatic rings. The van der Waals surface area contributed by atoms with Crippen LogP contribution in [-0.4, -0.2) is 19.8 Å². The van der Waals surface area contributed by atoms with Crippen LogP contribution in [0.1, 0.15) is 50.6 Å². The van der Waals surface area contributed by atoms with Crippen LogP contribution in [0.3, 0.4) is 0 Å². The van der Waals surface area contributed by atoms with Gasteiger partial charge in [-0.05, 0) is 44.9 Å². The average molecular weight is 297 g/mol. The molecule has 0 radical (unpaired) electrons. The van der Waals surface area contributed by atoms with Crippen LogP contribution in [0.5, 0.6) is 0 Å². The van der Waals surface area contributed by atoms with E-state index in [-0.39, 0.29) is 11.7 Å². The minimum absolute atomic E-state index is 0.101. The number of hydrogen-bond acceptors (Lipinski definition) is 2. The topological polar surface area (TPSA) is 21.3 Å². The lowest BCUT2D eigenvalue weighted by atomic mass is 9.80. The van der Waals surface area contributed by atoms with Crippen molar-refractivity contribution in [2.75, 3.05) is 13.7 Å². The normalized spacial score (nSPS) is 19.4. The van der Waals surface area contributed by atoms with Crippen LogP contribution in [0.4, 0.5) is 8.78 Å². The molecule has 118 valence electrons. The van der Waals surface area contributed by atoms with Gasteiger partial charge < -0.3 is 10.1 Å². The lowest BCUT2D eigenvalue weighted by Gasteiger charge is -2.36. The van der Waals surface area contributed by atoms with Gasteiger partial charge in [0.1, 0.15) is 11.6 Å². The largest absolute Gasteiger partial charge is 0.376 e. The molecular formula is C17H25F2NO. The summed E-state index contributed by atoms with van der Waals surface area (Å²) >= 11 is 0. The Kier molecular flexibility index (Phi) is 6.12. The first-order valence-corrected chi connectivity index (χ1v) is 7.91. The summed E-state index contributed by atoms with van der Waals surface area (Å²) in [5.74, 6) is -0.653. The van der Waals surface area contributed by atoms with E-state index >= 15 is 0 Å². The Balaban J connectivity index is 2.30. The summed E-state index contributed by atoms with van der Waals surface area (Å²) in [6.45, 7) is 2.48. The molecule has 0 aliphatic heterocycles. The van der Waals surface area contributed by atoms with Gasteiger partial charge in [-0.25, -0.2) is 8.78 Å². The lowest BCUT2D eigenvalue weighted by molar-refractivity contribution is -0.0182. The molecule has 2 atom stereocenters. The highest BCUT2D eigenvalue weighted by atomic mass is 19.1. The molecule has 4 heteroatoms. The van der Waals surface area contributed by atoms with Gasteiger partial charge in [-0.1, -0.05) is 25.3 Å². The molecule has 21 heavy (non-hydrogen) atoms. The van der Waals surface area contributed by atoms with Crippen molar-refractivity contribution in [3.8, 4) is 0 Å². The highest BCUT2D eigenvalue weighted by molar-refractivity contribution is 5.24. The van der Waals surface area contributed by atoms with Gasteiger partial charge in [0, 0.05) is 12.2 Å². The molecule has 0 bridgehead atoms. The Morgan fingerprint density at radius 3 is 2.33 bits per heavy atom. The van der Waals surface area contributed by atoms with Gasteiger partial charge in [0.25, 0.3) is 0 Å². The number of rotatable bonds is 6. The fourth-order valence-corrected chi connectivity index (χ4v) is 3.44. The van der Waals surface area contributed by atoms with Crippen molar-refractivity contribution in [1.82, 2.24) is 5.32 Å². The number of ether oxygens (including phenoxy) is 1. The lowest BCUT2D eigenvalue weighted by Crippen LogP contribution is -2.39. The van der Waals surface area contributed by atoms with E-state index in [1.807, 2.05) is 6.92 Å². The molecule has 2 nitrogen and oxygen atoms in total. The van der Waals surface area contributed by atoms with E-state index in [0.29, 0.717) is 12.5 Å². The van der Waals surface area contributed by atoms with Gasteiger partial charge in [0.2, 0.25) is 0 Å². The van der Waals surface area contributed by atoms with Gasteiger partial charge in [0.15, 0.2) is 0 Å². The molecule has 0 amide bonds. The summed E-state index contributed by atoms with van der Waals surface area (Å²) < 4.78 is 34.1. The zero-order chi connectivity index (χ0) is 15.2. The highest BCUT2D eigenvalue weighted by Gasteiger charge is 2.34. The van der Waals surface area contributed by atoms with E-state index in [0.717, 1.165) is 12.8 Å². The molecule has 2 rings (SSSR count). The average Bonchev–Trinajstić information content (AvgIpc) is 2.50. The number of hydrogen-bond donors (Lipinski definition) is 1. The van der Waals surface area contributed by atoms with Gasteiger partial charge in [-0.15, -0.1) is 0 Å². The van der Waals surface area contributed by atoms with Gasteiger partial charge in [-0.3, -0.25) is 0 Å². The Bertz CT molecular complexity index is 426. The van der Waals surface area contributed by atoms with E-state index in [4.69, 9.17) is 4.74 Å². The van der Waals surface area contributed by atoms with Crippen LogP contribution in [0.2, 0.25) is 0 Å². The Labute approximate surface area is 125 Å². The zero-order valence-electron chi connectivity index (χ0n) is 12.9. The van der Waals surface area contributed by atoms with E-state index in [1.54, 1.807) is 7.05 Å². The molecule has 0 saturated heterocycles. The minimum Gasteiger partial charge on any atom is -0.376 e. The molecule has 1 aromatic carbocycles. The van der Waals surface area contributed by atoms with Crippen molar-refractivity contribution < 1.29 is 13.5 Å². The van der Waals surface area contributed by atoms with E-state index < -0.39 is 17.7 Å². The Morgan fingerprint density at radius 1 is 1.19 bits per heavy atom. The second kappa shape index (κ2) is 7.85. The fourth-order valence-electron chi connectivity index (χ4n) is 3.44. The zero-order valence-corrected chi connectivity index (χ0v) is 12.9. The third-order valence-corrected chi connectivity index (χ3v) is 4.42. The fraction of sp³-hybridized carbons (Fsp3) is 0.647. The van der Waals surface area contributed by atoms with Gasteiger partial charge in [-0.2, -0.15) is 0 Å². The summed E-state index contributed by atoms with van der Waals surface area (Å²) in [6.07, 6.45) is 5.53. The molecule has 1 fully saturated rings. The van der Waals surface area contributed by atoms with Crippen LogP contribution in [0.15, 0.2) is 18.2 Å². The van der Waals surface area contributed by atoms with Crippen LogP contribution < -0.4 is 5.32 Å². The van der Waals surface area contributed by atoms with Crippen LogP contribution in [0, 0.1) is 17.6 Å². The Hall–Kier alpha value is -1.00. The third-order valence-electron chi connectivity index (χ3n) is 4.42. The smallest absolute Gasteiger partial charge is 0.131 e. The second-order valence-corrected chi connectivity index (χ2v) is 5.72. The molecule has 1 N–H and O–H groups in total. The number of likely N-dealkylation sites (N-methyl/N-ethyl adjacent to an activating group) is 1. The summed E-state index contributed by atoms with van der Waals surface area (Å²) in [4.78, 5) is 0. The quantitative estimate of drug-likeness (QED) is 0.849. The first kappa shape index (κ1) is 16.4. The third kappa shape index (κ3) is 3.80. The van der Waals surface area contributed by atoms with Crippen molar-refractivity contribution in [3.05, 3.63) is 35.4 Å². The maximum Gasteiger partial charge on any atom is 0.131 e. The Morgan fingerprint density at radius 2 is 1.81 bits per heavy atom. The first-order valence-electron chi connectivity index (χ1n) is 7.91. The molecule has 2 unspecified atom stereocenters. The molecule has 1 aliphatic carbocycles. The maximum absolute atomic E-state index is 14.1. The van der Waals surface area contributed by atoms with Crippen molar-refractivity contribution in [2.45, 2.75) is 51.2 Å². The van der Waals surface area contributed by atoms with Crippen molar-refractivity contribution in [3.63, 3.8) is 0 Å². The SMILES string of the molecule is CCOC(C1CCCCC1)C(NC)c1c(F)cccc1F. The maximum atomic E-state index is 14.1. The monoisotopic (exact) mass is 297 g/mol. The number of nitrogens with one attached hydrogen (secondary N) is 1. The van der Waals surface area contributed by atoms with Gasteiger partial charge in [0.05, 0.1) is 12.1 Å². The van der Waals surface area contributed by atoms with Crippen LogP contribution in [-0.2, 0) is 4.74 Å². The highest BCUT2D eigenvalue weighted by Crippen LogP contribution is 2.35. The van der Waals surface area contributed by atoms with Crippen molar-refractivity contribution >= 4 is 0 Å². The molecule has 1 aromatic rings. The summed E-state index contributed by atoms with van der Waals surface area (Å²) in [6, 6.07) is 3.57. The standard InChI is InChI=1S/C17H25F2NO/c1-3-21-17(12-8-5-4-6-9-12)16(20-2)15-13(18)10-7-11-14(15)19/h7,10-12,16-17,20H,3-6,8-9H2,1-2H3. The first-order chi connectivity index (χ1) is 10.2. The minimum atomic E-state index is -0.505. The van der Waals surface area contributed by atoms with E-state index in [2.05, 4.69) is 5.32 Å². The summed E-state index contributed by atoms with van der Waals surface area (Å²) in [5.41, 5.74) is 0.101. The molecule has 1 saturated carbocycles.